The number of urea groups is 1. The van der Waals surface area contributed by atoms with Gasteiger partial charge in [-0.05, 0) is 12.1 Å². The van der Waals surface area contributed by atoms with Crippen LogP contribution >= 0.6 is 11.3 Å². The van der Waals surface area contributed by atoms with Gasteiger partial charge in [0.15, 0.2) is 5.82 Å². The highest BCUT2D eigenvalue weighted by molar-refractivity contribution is 7.17. The van der Waals surface area contributed by atoms with Gasteiger partial charge >= 0.3 is 6.03 Å². The second kappa shape index (κ2) is 7.92. The van der Waals surface area contributed by atoms with Crippen LogP contribution < -0.4 is 14.8 Å². The third-order valence-corrected chi connectivity index (χ3v) is 6.35. The number of rotatable bonds is 4. The van der Waals surface area contributed by atoms with Crippen molar-refractivity contribution >= 4 is 28.0 Å². The van der Waals surface area contributed by atoms with Gasteiger partial charge < -0.3 is 19.7 Å². The summed E-state index contributed by atoms with van der Waals surface area (Å²) in [5.41, 5.74) is 2.70. The van der Waals surface area contributed by atoms with Crippen LogP contribution in [0.1, 0.15) is 10.6 Å². The van der Waals surface area contributed by atoms with E-state index in [-0.39, 0.29) is 6.03 Å². The number of aromatic nitrogens is 3. The van der Waals surface area contributed by atoms with Crippen LogP contribution in [0.3, 0.4) is 0 Å². The van der Waals surface area contributed by atoms with E-state index in [1.54, 1.807) is 48.7 Å². The van der Waals surface area contributed by atoms with Crippen molar-refractivity contribution in [3.05, 3.63) is 59.1 Å². The van der Waals surface area contributed by atoms with Crippen molar-refractivity contribution < 1.29 is 14.3 Å². The van der Waals surface area contributed by atoms with Crippen LogP contribution in [0.2, 0.25) is 0 Å². The number of fused-ring (bicyclic) bond motifs is 3. The summed E-state index contributed by atoms with van der Waals surface area (Å²) >= 11 is 1.58. The Morgan fingerprint density at radius 3 is 2.74 bits per heavy atom. The van der Waals surface area contributed by atoms with Crippen molar-refractivity contribution in [2.24, 2.45) is 0 Å². The molecule has 0 fully saturated rings. The Bertz CT molecular complexity index is 1250. The van der Waals surface area contributed by atoms with E-state index in [1.165, 1.54) is 0 Å². The molecule has 2 amide bonds. The van der Waals surface area contributed by atoms with Gasteiger partial charge in [0.25, 0.3) is 0 Å². The maximum Gasteiger partial charge on any atom is 0.322 e. The number of anilines is 1. The zero-order valence-corrected chi connectivity index (χ0v) is 18.0. The van der Waals surface area contributed by atoms with Gasteiger partial charge in [-0.3, -0.25) is 0 Å². The lowest BCUT2D eigenvalue weighted by molar-refractivity contribution is 0.206. The molecule has 0 saturated carbocycles. The molecule has 0 spiro atoms. The van der Waals surface area contributed by atoms with Crippen LogP contribution in [0.25, 0.3) is 16.3 Å². The molecule has 0 saturated heterocycles. The fourth-order valence-corrected chi connectivity index (χ4v) is 4.79. The first-order chi connectivity index (χ1) is 15.2. The van der Waals surface area contributed by atoms with Crippen LogP contribution in [0, 0.1) is 0 Å². The van der Waals surface area contributed by atoms with Gasteiger partial charge in [-0.25, -0.2) is 9.31 Å². The average molecular weight is 436 g/mol. The summed E-state index contributed by atoms with van der Waals surface area (Å²) < 4.78 is 12.5. The molecule has 0 radical (unpaired) electrons. The van der Waals surface area contributed by atoms with Gasteiger partial charge in [-0.1, -0.05) is 41.7 Å². The lowest BCUT2D eigenvalue weighted by Crippen LogP contribution is -2.38. The summed E-state index contributed by atoms with van der Waals surface area (Å²) in [4.78, 5) is 21.4. The Morgan fingerprint density at radius 2 is 1.97 bits per heavy atom. The molecule has 1 aliphatic heterocycles. The maximum absolute atomic E-state index is 12.9. The van der Waals surface area contributed by atoms with E-state index in [2.05, 4.69) is 10.3 Å². The number of hydrogen-bond donors (Lipinski definition) is 1. The molecule has 5 rings (SSSR count). The van der Waals surface area contributed by atoms with Crippen molar-refractivity contribution in [3.8, 4) is 22.9 Å². The van der Waals surface area contributed by atoms with Gasteiger partial charge in [0.05, 0.1) is 32.1 Å². The van der Waals surface area contributed by atoms with Crippen molar-refractivity contribution in [1.82, 2.24) is 19.5 Å². The largest absolute Gasteiger partial charge is 0.497 e. The molecule has 2 aromatic heterocycles. The molecular weight excluding hydrogens is 414 g/mol. The summed E-state index contributed by atoms with van der Waals surface area (Å²) in [5, 5.41) is 7.65. The van der Waals surface area contributed by atoms with Crippen molar-refractivity contribution in [2.45, 2.75) is 13.0 Å². The van der Waals surface area contributed by atoms with Gasteiger partial charge in [-0.15, -0.1) is 5.10 Å². The first kappa shape index (κ1) is 19.4. The lowest BCUT2D eigenvalue weighted by atomic mass is 10.2. The predicted octanol–water partition coefficient (Wildman–Crippen LogP) is 4.07. The summed E-state index contributed by atoms with van der Waals surface area (Å²) in [6.07, 6.45) is 0.718. The Kier molecular flexibility index (Phi) is 4.95. The van der Waals surface area contributed by atoms with Gasteiger partial charge in [0.1, 0.15) is 11.5 Å². The summed E-state index contributed by atoms with van der Waals surface area (Å²) in [7, 11) is 3.16. The number of nitrogens with zero attached hydrogens (tertiary/aromatic N) is 4. The monoisotopic (exact) mass is 435 g/mol. The van der Waals surface area contributed by atoms with Gasteiger partial charge in [0, 0.05) is 29.5 Å². The Morgan fingerprint density at radius 1 is 1.13 bits per heavy atom. The molecule has 4 aromatic rings. The third kappa shape index (κ3) is 3.57. The number of benzene rings is 2. The topological polar surface area (TPSA) is 81.0 Å². The predicted molar refractivity (Wildman–Crippen MR) is 119 cm³/mol. The lowest BCUT2D eigenvalue weighted by Gasteiger charge is -2.27. The van der Waals surface area contributed by atoms with E-state index in [9.17, 15) is 4.79 Å². The van der Waals surface area contributed by atoms with E-state index in [1.807, 2.05) is 34.8 Å². The quantitative estimate of drug-likeness (QED) is 0.523. The average Bonchev–Trinajstić information content (AvgIpc) is 3.37. The van der Waals surface area contributed by atoms with E-state index in [0.29, 0.717) is 30.3 Å². The number of carbonyl (C=O) groups excluding carboxylic acids is 1. The molecular formula is C22H21N5O3S. The number of ether oxygens (including phenoxy) is 2. The standard InChI is InChI=1S/C22H21N5O3S/c1-29-15-8-9-18(30-2)16(12-15)23-21(28)26-11-10-17-19(13-26)31-22-24-20(25-27(17)22)14-6-4-3-5-7-14/h3-9,12H,10-11,13H2,1-2H3,(H,23,28). The molecule has 0 aliphatic carbocycles. The molecule has 1 aliphatic rings. The van der Waals surface area contributed by atoms with Gasteiger partial charge in [-0.2, -0.15) is 4.98 Å². The van der Waals surface area contributed by atoms with Crippen molar-refractivity contribution in [1.29, 1.82) is 0 Å². The second-order valence-electron chi connectivity index (χ2n) is 7.14. The molecule has 2 aromatic carbocycles. The van der Waals surface area contributed by atoms with Crippen molar-refractivity contribution in [2.75, 3.05) is 26.1 Å². The Labute approximate surface area is 183 Å². The van der Waals surface area contributed by atoms with Gasteiger partial charge in [0.2, 0.25) is 4.96 Å². The maximum atomic E-state index is 12.9. The molecule has 3 heterocycles. The molecule has 0 atom stereocenters. The van der Waals surface area contributed by atoms with Crippen LogP contribution in [0.5, 0.6) is 11.5 Å². The molecule has 1 N–H and O–H groups in total. The molecule has 31 heavy (non-hydrogen) atoms. The van der Waals surface area contributed by atoms with E-state index < -0.39 is 0 Å². The van der Waals surface area contributed by atoms with E-state index in [0.717, 1.165) is 33.3 Å². The minimum atomic E-state index is -0.179. The zero-order chi connectivity index (χ0) is 21.4. The molecule has 0 bridgehead atoms. The number of thiazole rings is 1. The third-order valence-electron chi connectivity index (χ3n) is 5.29. The number of methoxy groups -OCH3 is 2. The minimum Gasteiger partial charge on any atom is -0.497 e. The number of carbonyl (C=O) groups is 1. The number of nitrogens with one attached hydrogen (secondary N) is 1. The zero-order valence-electron chi connectivity index (χ0n) is 17.2. The highest BCUT2D eigenvalue weighted by Gasteiger charge is 2.27. The fourth-order valence-electron chi connectivity index (χ4n) is 3.68. The van der Waals surface area contributed by atoms with E-state index >= 15 is 0 Å². The first-order valence-corrected chi connectivity index (χ1v) is 10.7. The fraction of sp³-hybridized carbons (Fsp3) is 0.227. The van der Waals surface area contributed by atoms with Crippen LogP contribution in [0.4, 0.5) is 10.5 Å². The second-order valence-corrected chi connectivity index (χ2v) is 8.20. The van der Waals surface area contributed by atoms with Crippen LogP contribution in [0.15, 0.2) is 48.5 Å². The summed E-state index contributed by atoms with van der Waals surface area (Å²) in [6, 6.07) is 15.1. The highest BCUT2D eigenvalue weighted by atomic mass is 32.1. The Balaban J connectivity index is 1.35. The first-order valence-electron chi connectivity index (χ1n) is 9.87. The molecule has 0 unspecified atom stereocenters. The van der Waals surface area contributed by atoms with E-state index in [4.69, 9.17) is 14.6 Å². The van der Waals surface area contributed by atoms with Crippen molar-refractivity contribution in [3.63, 3.8) is 0 Å². The summed E-state index contributed by atoms with van der Waals surface area (Å²) in [6.45, 7) is 1.11. The number of amides is 2. The Hall–Kier alpha value is -3.59. The smallest absolute Gasteiger partial charge is 0.322 e. The highest BCUT2D eigenvalue weighted by Crippen LogP contribution is 2.32. The van der Waals surface area contributed by atoms with Crippen LogP contribution in [-0.2, 0) is 13.0 Å². The SMILES string of the molecule is COc1ccc(OC)c(NC(=O)N2CCc3c(sc4nc(-c5ccccc5)nn34)C2)c1. The van der Waals surface area contributed by atoms with Crippen LogP contribution in [-0.4, -0.2) is 46.3 Å². The minimum absolute atomic E-state index is 0.179. The molecule has 158 valence electrons. The normalized spacial score (nSPS) is 13.2. The summed E-state index contributed by atoms with van der Waals surface area (Å²) in [5.74, 6) is 1.95. The molecule has 9 heteroatoms. The number of hydrogen-bond acceptors (Lipinski definition) is 6. The molecule has 8 nitrogen and oxygen atoms in total.